The Bertz CT molecular complexity index is 344. The molecule has 0 unspecified atom stereocenters. The Morgan fingerprint density at radius 2 is 0.308 bits per heavy atom. The zero-order chi connectivity index (χ0) is 13.5. The second-order valence-electron chi connectivity index (χ2n) is 1.22. The van der Waals surface area contributed by atoms with Crippen molar-refractivity contribution in [2.45, 2.75) is 0 Å². The average molecular weight is 590 g/mol. The Kier molecular flexibility index (Phi) is 190. The molecule has 0 saturated carbocycles. The summed E-state index contributed by atoms with van der Waals surface area (Å²) in [6, 6.07) is 0. The first-order valence-electron chi connectivity index (χ1n) is 2.00. The van der Waals surface area contributed by atoms with Gasteiger partial charge in [0.2, 0.25) is 0 Å². The van der Waals surface area contributed by atoms with Crippen LogP contribution in [-0.2, 0) is 31.2 Å². The maximum atomic E-state index is 8.52. The maximum absolute atomic E-state index is 8.52. The van der Waals surface area contributed by atoms with Crippen molar-refractivity contribution in [2.75, 3.05) is 0 Å². The van der Waals surface area contributed by atoms with Crippen LogP contribution in [0.1, 0.15) is 0 Å². The molecule has 0 spiro atoms. The summed E-state index contributed by atoms with van der Waals surface area (Å²) in [5.41, 5.74) is 0. The van der Waals surface area contributed by atoms with Crippen molar-refractivity contribution in [3.63, 3.8) is 0 Å². The van der Waals surface area contributed by atoms with E-state index in [0.717, 1.165) is 0 Å². The Labute approximate surface area is 172 Å². The molecular formula is H18Ga2O21S3. The van der Waals surface area contributed by atoms with Crippen LogP contribution in [0.5, 0.6) is 0 Å². The molecule has 0 aromatic carbocycles. The molecule has 0 heterocycles. The van der Waals surface area contributed by atoms with E-state index in [9.17, 15) is 0 Å². The average Bonchev–Trinajstić information content (AvgIpc) is 1.41. The Morgan fingerprint density at radius 1 is 0.308 bits per heavy atom. The van der Waals surface area contributed by atoms with Crippen LogP contribution >= 0.6 is 0 Å². The molecule has 18 N–H and O–H groups in total. The van der Waals surface area contributed by atoms with Gasteiger partial charge < -0.3 is 76.6 Å². The van der Waals surface area contributed by atoms with Crippen LogP contribution < -0.4 is 0 Å². The van der Waals surface area contributed by atoms with Crippen LogP contribution in [0.25, 0.3) is 0 Å². The van der Waals surface area contributed by atoms with E-state index in [0.29, 0.717) is 0 Å². The molecular weight excluding hydrogens is 572 g/mol. The summed E-state index contributed by atoms with van der Waals surface area (Å²) in [7, 11) is -15.5. The zero-order valence-electron chi connectivity index (χ0n) is 11.8. The van der Waals surface area contributed by atoms with Gasteiger partial charge in [-0.25, -0.2) is 0 Å². The second kappa shape index (κ2) is 44.7. The molecule has 0 saturated heterocycles. The minimum absolute atomic E-state index is 0. The molecule has 21 nitrogen and oxygen atoms in total. The zero-order valence-corrected chi connectivity index (χ0v) is 19.1. The number of hydrogen-bond donors (Lipinski definition) is 0. The monoisotopic (exact) mass is 588 g/mol. The molecule has 0 fully saturated rings. The molecule has 0 aliphatic carbocycles. The van der Waals surface area contributed by atoms with E-state index in [2.05, 4.69) is 0 Å². The fourth-order valence-corrected chi connectivity index (χ4v) is 0. The van der Waals surface area contributed by atoms with E-state index < -0.39 is 31.2 Å². The van der Waals surface area contributed by atoms with Gasteiger partial charge in [-0.15, -0.1) is 0 Å². The van der Waals surface area contributed by atoms with Gasteiger partial charge in [0.15, 0.2) is 0 Å². The largest absolute Gasteiger partial charge is 3.00 e. The van der Waals surface area contributed by atoms with Crippen LogP contribution in [0.4, 0.5) is 0 Å². The fraction of sp³-hybridized carbons (Fsp3) is 0. The van der Waals surface area contributed by atoms with Crippen molar-refractivity contribution < 1.29 is 102 Å². The van der Waals surface area contributed by atoms with Crippen molar-refractivity contribution in [1.82, 2.24) is 0 Å². The Balaban J connectivity index is -0.00000000571. The van der Waals surface area contributed by atoms with Gasteiger partial charge in [0.25, 0.3) is 0 Å². The van der Waals surface area contributed by atoms with E-state index in [1.165, 1.54) is 0 Å². The van der Waals surface area contributed by atoms with E-state index >= 15 is 0 Å². The summed E-state index contributed by atoms with van der Waals surface area (Å²) in [6.45, 7) is 0. The Morgan fingerprint density at radius 3 is 0.308 bits per heavy atom. The van der Waals surface area contributed by atoms with Crippen molar-refractivity contribution in [3.05, 3.63) is 0 Å². The minimum Gasteiger partial charge on any atom is -0.759 e. The summed E-state index contributed by atoms with van der Waals surface area (Å²) in [5, 5.41) is 0. The molecule has 0 amide bonds. The van der Waals surface area contributed by atoms with Gasteiger partial charge in [-0.1, -0.05) is 0 Å². The third-order valence-corrected chi connectivity index (χ3v) is 0. The van der Waals surface area contributed by atoms with Crippen LogP contribution in [0.3, 0.4) is 0 Å². The smallest absolute Gasteiger partial charge is 0.759 e. The first-order chi connectivity index (χ1) is 6.00. The molecule has 168 valence electrons. The molecule has 0 aromatic heterocycles. The van der Waals surface area contributed by atoms with Crippen LogP contribution in [0.15, 0.2) is 0 Å². The molecule has 0 aliphatic heterocycles. The van der Waals surface area contributed by atoms with Crippen molar-refractivity contribution in [1.29, 1.82) is 0 Å². The third kappa shape index (κ3) is 49700. The molecule has 0 rings (SSSR count). The SMILES string of the molecule is O.O.O.O.O.O.O.O.O.O=S(=O)([O-])[O-].O=S(=O)([O-])[O-].O=S(=O)([O-])[O-].[Ga+3].[Ga+3]. The van der Waals surface area contributed by atoms with E-state index in [1.807, 2.05) is 0 Å². The van der Waals surface area contributed by atoms with Crippen molar-refractivity contribution in [2.24, 2.45) is 0 Å². The fourth-order valence-electron chi connectivity index (χ4n) is 0. The summed E-state index contributed by atoms with van der Waals surface area (Å²) < 4.78 is 102. The van der Waals surface area contributed by atoms with Crippen molar-refractivity contribution in [3.8, 4) is 0 Å². The first kappa shape index (κ1) is 110. The van der Waals surface area contributed by atoms with Gasteiger partial charge in [0, 0.05) is 31.2 Å². The molecule has 26 heavy (non-hydrogen) atoms. The second-order valence-corrected chi connectivity index (χ2v) is 3.67. The summed E-state index contributed by atoms with van der Waals surface area (Å²) in [6.07, 6.45) is 0. The normalized spacial score (nSPS) is 6.69. The van der Waals surface area contributed by atoms with Gasteiger partial charge in [-0.05, 0) is 0 Å². The molecule has 0 aliphatic rings. The number of rotatable bonds is 0. The summed E-state index contributed by atoms with van der Waals surface area (Å²) in [4.78, 5) is 0. The standard InChI is InChI=1S/2Ga.3H2O4S.9H2O/c;;3*1-5(2,3)4;;;;;;;;;/h;;3*(H2,1,2,3,4);9*1H2/q2*+3;;;;;;;;;;;;/p-6. The van der Waals surface area contributed by atoms with Gasteiger partial charge in [0.1, 0.15) is 0 Å². The molecule has 0 bridgehead atoms. The summed E-state index contributed by atoms with van der Waals surface area (Å²) in [5.74, 6) is 0. The van der Waals surface area contributed by atoms with Gasteiger partial charge in [0.05, 0.1) is 0 Å². The number of hydrogen-bond acceptors (Lipinski definition) is 12. The maximum Gasteiger partial charge on any atom is 3.00 e. The van der Waals surface area contributed by atoms with Crippen molar-refractivity contribution >= 4 is 70.8 Å². The molecule has 0 radical (unpaired) electrons. The first-order valence-corrected chi connectivity index (χ1v) is 6.00. The van der Waals surface area contributed by atoms with Gasteiger partial charge in [-0.3, -0.25) is 25.3 Å². The van der Waals surface area contributed by atoms with Gasteiger partial charge >= 0.3 is 39.6 Å². The quantitative estimate of drug-likeness (QED) is 0.144. The van der Waals surface area contributed by atoms with Crippen LogP contribution in [-0.4, -0.2) is 141 Å². The summed E-state index contributed by atoms with van der Waals surface area (Å²) >= 11 is 0. The molecule has 0 aromatic rings. The molecule has 0 atom stereocenters. The van der Waals surface area contributed by atoms with E-state index in [-0.39, 0.29) is 88.9 Å². The van der Waals surface area contributed by atoms with Crippen LogP contribution in [0, 0.1) is 0 Å². The van der Waals surface area contributed by atoms with E-state index in [1.54, 1.807) is 0 Å². The predicted octanol–water partition coefficient (Wildman–Crippen LogP) is -12.2. The topological polar surface area (TPSA) is 524 Å². The van der Waals surface area contributed by atoms with Crippen LogP contribution in [0.2, 0.25) is 0 Å². The van der Waals surface area contributed by atoms with E-state index in [4.69, 9.17) is 52.6 Å². The third-order valence-electron chi connectivity index (χ3n) is 0. The predicted molar refractivity (Wildman–Crippen MR) is 75.5 cm³/mol. The minimum atomic E-state index is -5.17. The Hall–Kier alpha value is 0.523. The molecule has 26 heteroatoms. The van der Waals surface area contributed by atoms with Gasteiger partial charge in [-0.2, -0.15) is 0 Å².